The Balaban J connectivity index is 2.17. The molecule has 0 bridgehead atoms. The highest BCUT2D eigenvalue weighted by Crippen LogP contribution is 2.38. The second-order valence-electron chi connectivity index (χ2n) is 6.32. The normalized spacial score (nSPS) is 29.5. The monoisotopic (exact) mass is 309 g/mol. The molecule has 4 atom stereocenters. The molecule has 1 fully saturated rings. The topological polar surface area (TPSA) is 57.8 Å². The molecule has 118 valence electrons. The van der Waals surface area contributed by atoms with Gasteiger partial charge in [-0.05, 0) is 38.1 Å². The Kier molecular flexibility index (Phi) is 5.88. The molecule has 21 heavy (non-hydrogen) atoms. The van der Waals surface area contributed by atoms with E-state index >= 15 is 0 Å². The van der Waals surface area contributed by atoms with E-state index in [1.807, 2.05) is 7.05 Å². The van der Waals surface area contributed by atoms with Crippen molar-refractivity contribution in [1.29, 1.82) is 0 Å². The van der Waals surface area contributed by atoms with Gasteiger partial charge in [-0.25, -0.2) is 4.98 Å². The molecule has 0 aliphatic heterocycles. The van der Waals surface area contributed by atoms with Crippen LogP contribution in [0.15, 0.2) is 16.0 Å². The Hall–Kier alpha value is -0.810. The fraction of sp³-hybridized carbons (Fsp3) is 0.750. The zero-order chi connectivity index (χ0) is 15.4. The van der Waals surface area contributed by atoms with Gasteiger partial charge in [0, 0.05) is 23.1 Å². The highest BCUT2D eigenvalue weighted by Gasteiger charge is 2.34. The molecule has 0 spiro atoms. The van der Waals surface area contributed by atoms with E-state index < -0.39 is 0 Å². The van der Waals surface area contributed by atoms with Gasteiger partial charge in [0.2, 0.25) is 0 Å². The highest BCUT2D eigenvalue weighted by molar-refractivity contribution is 7.99. The lowest BCUT2D eigenvalue weighted by Crippen LogP contribution is -2.45. The molecule has 1 aromatic heterocycles. The summed E-state index contributed by atoms with van der Waals surface area (Å²) >= 11 is 1.73. The Morgan fingerprint density at radius 2 is 2.19 bits per heavy atom. The SMILES string of the molecule is CCCc1cc(=O)[nH]c(SC2C(C)CC(C)CC2NC)n1. The van der Waals surface area contributed by atoms with Crippen molar-refractivity contribution >= 4 is 11.8 Å². The fourth-order valence-corrected chi connectivity index (χ4v) is 4.70. The fourth-order valence-electron chi connectivity index (χ4n) is 3.36. The van der Waals surface area contributed by atoms with Gasteiger partial charge in [-0.3, -0.25) is 4.79 Å². The maximum absolute atomic E-state index is 11.8. The number of aromatic amines is 1. The summed E-state index contributed by atoms with van der Waals surface area (Å²) in [5.74, 6) is 1.38. The largest absolute Gasteiger partial charge is 0.316 e. The summed E-state index contributed by atoms with van der Waals surface area (Å²) in [6.45, 7) is 6.74. The predicted molar refractivity (Wildman–Crippen MR) is 88.9 cm³/mol. The second kappa shape index (κ2) is 7.45. The first kappa shape index (κ1) is 16.6. The molecule has 0 radical (unpaired) electrons. The molecule has 1 aliphatic rings. The van der Waals surface area contributed by atoms with Crippen LogP contribution in [-0.2, 0) is 6.42 Å². The number of nitrogens with zero attached hydrogens (tertiary/aromatic N) is 1. The van der Waals surface area contributed by atoms with Gasteiger partial charge in [-0.1, -0.05) is 39.0 Å². The van der Waals surface area contributed by atoms with Crippen molar-refractivity contribution < 1.29 is 0 Å². The average Bonchev–Trinajstić information content (AvgIpc) is 2.41. The molecule has 0 amide bonds. The van der Waals surface area contributed by atoms with Gasteiger partial charge in [-0.2, -0.15) is 0 Å². The summed E-state index contributed by atoms with van der Waals surface area (Å²) in [6.07, 6.45) is 4.31. The number of nitrogens with one attached hydrogen (secondary N) is 2. The second-order valence-corrected chi connectivity index (χ2v) is 7.49. The summed E-state index contributed by atoms with van der Waals surface area (Å²) < 4.78 is 0. The van der Waals surface area contributed by atoms with Gasteiger partial charge in [0.05, 0.1) is 0 Å². The first-order chi connectivity index (χ1) is 10.0. The van der Waals surface area contributed by atoms with Crippen LogP contribution in [0.1, 0.15) is 45.7 Å². The standard InChI is InChI=1S/C16H27N3OS/c1-5-6-12-9-14(20)19-16(18-12)21-15-11(3)7-10(2)8-13(15)17-4/h9-11,13,15,17H,5-8H2,1-4H3,(H,18,19,20). The molecule has 0 saturated heterocycles. The molecule has 4 nitrogen and oxygen atoms in total. The number of thioether (sulfide) groups is 1. The van der Waals surface area contributed by atoms with Crippen LogP contribution in [-0.4, -0.2) is 28.3 Å². The van der Waals surface area contributed by atoms with Crippen molar-refractivity contribution in [2.24, 2.45) is 11.8 Å². The van der Waals surface area contributed by atoms with E-state index in [-0.39, 0.29) is 5.56 Å². The quantitative estimate of drug-likeness (QED) is 0.821. The van der Waals surface area contributed by atoms with E-state index in [9.17, 15) is 4.79 Å². The van der Waals surface area contributed by atoms with Crippen LogP contribution in [0.5, 0.6) is 0 Å². The van der Waals surface area contributed by atoms with Gasteiger partial charge in [0.1, 0.15) is 0 Å². The lowest BCUT2D eigenvalue weighted by molar-refractivity contribution is 0.256. The molecule has 1 heterocycles. The van der Waals surface area contributed by atoms with Crippen molar-refractivity contribution in [3.8, 4) is 0 Å². The molecule has 1 saturated carbocycles. The Labute approximate surface area is 131 Å². The van der Waals surface area contributed by atoms with Crippen molar-refractivity contribution in [2.75, 3.05) is 7.05 Å². The van der Waals surface area contributed by atoms with E-state index in [1.165, 1.54) is 12.8 Å². The Bertz CT molecular complexity index is 516. The van der Waals surface area contributed by atoms with Gasteiger partial charge < -0.3 is 10.3 Å². The molecule has 1 aromatic rings. The first-order valence-electron chi connectivity index (χ1n) is 7.97. The van der Waals surface area contributed by atoms with E-state index in [0.717, 1.165) is 29.6 Å². The summed E-state index contributed by atoms with van der Waals surface area (Å²) in [7, 11) is 2.03. The lowest BCUT2D eigenvalue weighted by Gasteiger charge is -2.38. The Morgan fingerprint density at radius 3 is 2.86 bits per heavy atom. The average molecular weight is 309 g/mol. The first-order valence-corrected chi connectivity index (χ1v) is 8.85. The van der Waals surface area contributed by atoms with Crippen LogP contribution >= 0.6 is 11.8 Å². The zero-order valence-electron chi connectivity index (χ0n) is 13.5. The third kappa shape index (κ3) is 4.33. The summed E-state index contributed by atoms with van der Waals surface area (Å²) in [5, 5.41) is 4.69. The molecule has 2 N–H and O–H groups in total. The zero-order valence-corrected chi connectivity index (χ0v) is 14.3. The number of hydrogen-bond donors (Lipinski definition) is 2. The smallest absolute Gasteiger partial charge is 0.251 e. The maximum atomic E-state index is 11.8. The third-order valence-electron chi connectivity index (χ3n) is 4.29. The minimum Gasteiger partial charge on any atom is -0.316 e. The van der Waals surface area contributed by atoms with Crippen LogP contribution in [0.25, 0.3) is 0 Å². The van der Waals surface area contributed by atoms with E-state index in [2.05, 4.69) is 36.1 Å². The molecule has 5 heteroatoms. The van der Waals surface area contributed by atoms with Gasteiger partial charge in [-0.15, -0.1) is 0 Å². The summed E-state index contributed by atoms with van der Waals surface area (Å²) in [4.78, 5) is 19.3. The van der Waals surface area contributed by atoms with Crippen molar-refractivity contribution in [3.63, 3.8) is 0 Å². The minimum absolute atomic E-state index is 0.0335. The maximum Gasteiger partial charge on any atom is 0.251 e. The van der Waals surface area contributed by atoms with Gasteiger partial charge in [0.25, 0.3) is 5.56 Å². The summed E-state index contributed by atoms with van der Waals surface area (Å²) in [6, 6.07) is 2.10. The molecule has 0 aromatic carbocycles. The van der Waals surface area contributed by atoms with Crippen molar-refractivity contribution in [1.82, 2.24) is 15.3 Å². The van der Waals surface area contributed by atoms with E-state index in [0.29, 0.717) is 17.2 Å². The summed E-state index contributed by atoms with van der Waals surface area (Å²) in [5.41, 5.74) is 0.871. The van der Waals surface area contributed by atoms with Crippen molar-refractivity contribution in [3.05, 3.63) is 22.1 Å². The molecule has 2 rings (SSSR count). The number of aromatic nitrogens is 2. The van der Waals surface area contributed by atoms with Crippen molar-refractivity contribution in [2.45, 2.75) is 62.9 Å². The number of aryl methyl sites for hydroxylation is 1. The van der Waals surface area contributed by atoms with Gasteiger partial charge in [0.15, 0.2) is 5.16 Å². The van der Waals surface area contributed by atoms with Crippen LogP contribution in [0.3, 0.4) is 0 Å². The third-order valence-corrected chi connectivity index (χ3v) is 5.77. The molecular weight excluding hydrogens is 282 g/mol. The molecule has 4 unspecified atom stereocenters. The Morgan fingerprint density at radius 1 is 1.43 bits per heavy atom. The number of H-pyrrole nitrogens is 1. The predicted octanol–water partition coefficient (Wildman–Crippen LogP) is 2.84. The lowest BCUT2D eigenvalue weighted by atomic mass is 9.80. The number of rotatable bonds is 5. The minimum atomic E-state index is -0.0335. The molecule has 1 aliphatic carbocycles. The van der Waals surface area contributed by atoms with Crippen LogP contribution in [0, 0.1) is 11.8 Å². The van der Waals surface area contributed by atoms with E-state index in [4.69, 9.17) is 0 Å². The highest BCUT2D eigenvalue weighted by atomic mass is 32.2. The molecular formula is C16H27N3OS. The van der Waals surface area contributed by atoms with Crippen LogP contribution in [0.2, 0.25) is 0 Å². The number of hydrogen-bond acceptors (Lipinski definition) is 4. The van der Waals surface area contributed by atoms with Crippen LogP contribution < -0.4 is 10.9 Å². The van der Waals surface area contributed by atoms with E-state index in [1.54, 1.807) is 17.8 Å². The van der Waals surface area contributed by atoms with Crippen LogP contribution in [0.4, 0.5) is 0 Å². The van der Waals surface area contributed by atoms with Gasteiger partial charge >= 0.3 is 0 Å².